The van der Waals surface area contributed by atoms with Gasteiger partial charge in [0.2, 0.25) is 0 Å². The first-order valence-corrected chi connectivity index (χ1v) is 10.3. The Balaban J connectivity index is 1.80. The molecule has 0 N–H and O–H groups in total. The number of hydrogen-bond donors (Lipinski definition) is 0. The van der Waals surface area contributed by atoms with E-state index in [1.54, 1.807) is 18.3 Å². The predicted molar refractivity (Wildman–Crippen MR) is 125 cm³/mol. The summed E-state index contributed by atoms with van der Waals surface area (Å²) >= 11 is 6.30. The number of nitriles is 1. The molecule has 7 nitrogen and oxygen atoms in total. The molecule has 4 rings (SSSR count). The van der Waals surface area contributed by atoms with E-state index < -0.39 is 5.41 Å². The van der Waals surface area contributed by atoms with Gasteiger partial charge in [0.25, 0.3) is 0 Å². The Labute approximate surface area is 191 Å². The third kappa shape index (κ3) is 3.93. The topological polar surface area (TPSA) is 87.8 Å². The van der Waals surface area contributed by atoms with E-state index in [0.717, 1.165) is 16.6 Å². The van der Waals surface area contributed by atoms with Crippen LogP contribution in [0, 0.1) is 11.3 Å². The van der Waals surface area contributed by atoms with E-state index >= 15 is 0 Å². The fourth-order valence-corrected chi connectivity index (χ4v) is 3.53. The van der Waals surface area contributed by atoms with Gasteiger partial charge < -0.3 is 9.64 Å². The summed E-state index contributed by atoms with van der Waals surface area (Å²) in [4.78, 5) is 19.9. The normalized spacial score (nSPS) is 11.2. The van der Waals surface area contributed by atoms with Crippen LogP contribution in [0.25, 0.3) is 22.4 Å². The number of fused-ring (bicyclic) bond motifs is 1. The standard InChI is InChI=1S/C24H21ClN6O/c1-24(2,14-26)15-7-9-16(10-8-15)31(3)22-17-11-12-19(20-18(25)6-5-13-27-20)28-21(17)29-23(30-22)32-4/h5-13H,1-4H3. The molecule has 0 bridgehead atoms. The van der Waals surface area contributed by atoms with E-state index in [1.165, 1.54) is 7.11 Å². The molecule has 0 amide bonds. The Kier molecular flexibility index (Phi) is 5.64. The van der Waals surface area contributed by atoms with Crippen LogP contribution in [0.4, 0.5) is 11.5 Å². The second kappa shape index (κ2) is 8.40. The van der Waals surface area contributed by atoms with Crippen LogP contribution < -0.4 is 9.64 Å². The minimum atomic E-state index is -0.561. The van der Waals surface area contributed by atoms with Crippen LogP contribution in [-0.2, 0) is 5.41 Å². The summed E-state index contributed by atoms with van der Waals surface area (Å²) < 4.78 is 5.33. The van der Waals surface area contributed by atoms with E-state index in [9.17, 15) is 5.26 Å². The van der Waals surface area contributed by atoms with Gasteiger partial charge >= 0.3 is 6.01 Å². The molecule has 0 aliphatic rings. The van der Waals surface area contributed by atoms with Crippen LogP contribution in [0.2, 0.25) is 5.02 Å². The SMILES string of the molecule is COc1nc(N(C)c2ccc(C(C)(C)C#N)cc2)c2ccc(-c3ncccc3Cl)nc2n1. The molecule has 0 saturated heterocycles. The number of methoxy groups -OCH3 is 1. The summed E-state index contributed by atoms with van der Waals surface area (Å²) in [7, 11) is 3.43. The maximum absolute atomic E-state index is 9.39. The molecule has 8 heteroatoms. The first kappa shape index (κ1) is 21.5. The van der Waals surface area contributed by atoms with E-state index in [4.69, 9.17) is 16.3 Å². The van der Waals surface area contributed by atoms with Crippen molar-refractivity contribution in [3.05, 3.63) is 65.3 Å². The molecule has 0 saturated carbocycles. The molecule has 0 aliphatic carbocycles. The van der Waals surface area contributed by atoms with Crippen molar-refractivity contribution in [2.75, 3.05) is 19.1 Å². The van der Waals surface area contributed by atoms with Crippen molar-refractivity contribution < 1.29 is 4.74 Å². The monoisotopic (exact) mass is 444 g/mol. The van der Waals surface area contributed by atoms with Gasteiger partial charge in [-0.05, 0) is 55.8 Å². The minimum Gasteiger partial charge on any atom is -0.467 e. The lowest BCUT2D eigenvalue weighted by Crippen LogP contribution is -2.16. The number of aromatic nitrogens is 4. The lowest BCUT2D eigenvalue weighted by atomic mass is 9.86. The number of rotatable bonds is 5. The third-order valence-electron chi connectivity index (χ3n) is 5.28. The van der Waals surface area contributed by atoms with Crippen LogP contribution in [0.3, 0.4) is 0 Å². The summed E-state index contributed by atoms with van der Waals surface area (Å²) in [6.45, 7) is 3.79. The van der Waals surface area contributed by atoms with Gasteiger partial charge in [-0.2, -0.15) is 15.2 Å². The number of ether oxygens (including phenoxy) is 1. The summed E-state index contributed by atoms with van der Waals surface area (Å²) in [5.74, 6) is 0.644. The molecule has 160 valence electrons. The van der Waals surface area contributed by atoms with E-state index in [-0.39, 0.29) is 6.01 Å². The van der Waals surface area contributed by atoms with E-state index in [1.807, 2.05) is 62.2 Å². The third-order valence-corrected chi connectivity index (χ3v) is 5.58. The van der Waals surface area contributed by atoms with Gasteiger partial charge in [-0.1, -0.05) is 23.7 Å². The van der Waals surface area contributed by atoms with Gasteiger partial charge in [0, 0.05) is 18.9 Å². The van der Waals surface area contributed by atoms with Gasteiger partial charge in [0.1, 0.15) is 11.5 Å². The summed E-state index contributed by atoms with van der Waals surface area (Å²) in [6, 6.07) is 17.7. The fraction of sp³-hybridized carbons (Fsp3) is 0.208. The average Bonchev–Trinajstić information content (AvgIpc) is 2.82. The zero-order valence-electron chi connectivity index (χ0n) is 18.2. The molecular weight excluding hydrogens is 424 g/mol. The van der Waals surface area contributed by atoms with Gasteiger partial charge in [-0.15, -0.1) is 0 Å². The largest absolute Gasteiger partial charge is 0.467 e. The van der Waals surface area contributed by atoms with E-state index in [0.29, 0.717) is 27.9 Å². The number of nitrogens with zero attached hydrogens (tertiary/aromatic N) is 6. The zero-order chi connectivity index (χ0) is 22.9. The summed E-state index contributed by atoms with van der Waals surface area (Å²) in [6.07, 6.45) is 1.67. The maximum atomic E-state index is 9.39. The van der Waals surface area contributed by atoms with Crippen molar-refractivity contribution in [3.63, 3.8) is 0 Å². The van der Waals surface area contributed by atoms with Crippen LogP contribution >= 0.6 is 11.6 Å². The highest BCUT2D eigenvalue weighted by Crippen LogP contribution is 2.33. The molecule has 0 atom stereocenters. The molecule has 0 fully saturated rings. The molecule has 3 aromatic heterocycles. The number of hydrogen-bond acceptors (Lipinski definition) is 7. The Bertz CT molecular complexity index is 1330. The highest BCUT2D eigenvalue weighted by atomic mass is 35.5. The van der Waals surface area contributed by atoms with Gasteiger partial charge in [0.05, 0.1) is 34.7 Å². The smallest absolute Gasteiger partial charge is 0.320 e. The molecular formula is C24H21ClN6O. The van der Waals surface area contributed by atoms with Crippen LogP contribution in [0.1, 0.15) is 19.4 Å². The Hall–Kier alpha value is -3.76. The molecule has 3 heterocycles. The van der Waals surface area contributed by atoms with Crippen molar-refractivity contribution >= 4 is 34.1 Å². The number of benzene rings is 1. The quantitative estimate of drug-likeness (QED) is 0.411. The Morgan fingerprint density at radius 3 is 2.44 bits per heavy atom. The summed E-state index contributed by atoms with van der Waals surface area (Å²) in [5.41, 5.74) is 2.96. The molecule has 0 spiro atoms. The average molecular weight is 445 g/mol. The Morgan fingerprint density at radius 1 is 1.03 bits per heavy atom. The molecule has 4 aromatic rings. The summed E-state index contributed by atoms with van der Waals surface area (Å²) in [5, 5.41) is 10.7. The molecule has 0 aliphatic heterocycles. The molecule has 1 aromatic carbocycles. The second-order valence-electron chi connectivity index (χ2n) is 7.78. The van der Waals surface area contributed by atoms with Crippen LogP contribution in [0.5, 0.6) is 6.01 Å². The lowest BCUT2D eigenvalue weighted by Gasteiger charge is -2.22. The van der Waals surface area contributed by atoms with Crippen LogP contribution in [-0.4, -0.2) is 34.1 Å². The van der Waals surface area contributed by atoms with Crippen LogP contribution in [0.15, 0.2) is 54.7 Å². The Morgan fingerprint density at radius 2 is 1.78 bits per heavy atom. The van der Waals surface area contributed by atoms with Gasteiger partial charge in [0.15, 0.2) is 5.65 Å². The molecule has 0 radical (unpaired) electrons. The van der Waals surface area contributed by atoms with E-state index in [2.05, 4.69) is 26.0 Å². The highest BCUT2D eigenvalue weighted by Gasteiger charge is 2.21. The lowest BCUT2D eigenvalue weighted by molar-refractivity contribution is 0.382. The number of halogens is 1. The predicted octanol–water partition coefficient (Wildman–Crippen LogP) is 5.32. The van der Waals surface area contributed by atoms with Crippen molar-refractivity contribution in [2.45, 2.75) is 19.3 Å². The molecule has 0 unspecified atom stereocenters. The highest BCUT2D eigenvalue weighted by molar-refractivity contribution is 6.32. The first-order chi connectivity index (χ1) is 15.3. The van der Waals surface area contributed by atoms with Crippen molar-refractivity contribution in [2.24, 2.45) is 0 Å². The van der Waals surface area contributed by atoms with Gasteiger partial charge in [-0.3, -0.25) is 4.98 Å². The fourth-order valence-electron chi connectivity index (χ4n) is 3.32. The first-order valence-electron chi connectivity index (χ1n) is 9.93. The van der Waals surface area contributed by atoms with Gasteiger partial charge in [-0.25, -0.2) is 4.98 Å². The van der Waals surface area contributed by atoms with Crippen molar-refractivity contribution in [3.8, 4) is 23.5 Å². The number of anilines is 2. The molecule has 32 heavy (non-hydrogen) atoms. The zero-order valence-corrected chi connectivity index (χ0v) is 18.9. The number of pyridine rings is 2. The maximum Gasteiger partial charge on any atom is 0.320 e. The second-order valence-corrected chi connectivity index (χ2v) is 8.19. The van der Waals surface area contributed by atoms with Crippen molar-refractivity contribution in [1.29, 1.82) is 5.26 Å². The minimum absolute atomic E-state index is 0.207. The van der Waals surface area contributed by atoms with Crippen molar-refractivity contribution in [1.82, 2.24) is 19.9 Å².